The van der Waals surface area contributed by atoms with Crippen molar-refractivity contribution < 1.29 is 9.15 Å². The SMILES string of the molecule is Cc1cc(C)c(N2c3ccc(C)cc3COc3c2oc2ccc(C)cc32)c(C)c1. The average Bonchev–Trinajstić information content (AvgIpc) is 2.93. The molecule has 0 unspecified atom stereocenters. The molecule has 0 radical (unpaired) electrons. The molecule has 2 heterocycles. The van der Waals surface area contributed by atoms with E-state index in [1.165, 1.54) is 27.8 Å². The van der Waals surface area contributed by atoms with E-state index in [1.807, 2.05) is 6.07 Å². The van der Waals surface area contributed by atoms with Gasteiger partial charge in [-0.15, -0.1) is 0 Å². The van der Waals surface area contributed by atoms with Crippen LogP contribution in [-0.2, 0) is 6.61 Å². The zero-order chi connectivity index (χ0) is 20.3. The van der Waals surface area contributed by atoms with E-state index in [0.717, 1.165) is 39.5 Å². The number of aryl methyl sites for hydroxylation is 5. The van der Waals surface area contributed by atoms with Crippen LogP contribution in [0.3, 0.4) is 0 Å². The van der Waals surface area contributed by atoms with Crippen LogP contribution < -0.4 is 9.64 Å². The fourth-order valence-electron chi connectivity index (χ4n) is 4.52. The summed E-state index contributed by atoms with van der Waals surface area (Å²) in [5.41, 5.74) is 10.4. The number of hydrogen-bond acceptors (Lipinski definition) is 3. The van der Waals surface area contributed by atoms with Crippen LogP contribution in [0.4, 0.5) is 17.3 Å². The first-order chi connectivity index (χ1) is 13.9. The molecule has 0 amide bonds. The first kappa shape index (κ1) is 17.9. The van der Waals surface area contributed by atoms with E-state index in [2.05, 4.69) is 82.0 Å². The maximum Gasteiger partial charge on any atom is 0.248 e. The summed E-state index contributed by atoms with van der Waals surface area (Å²) < 4.78 is 12.8. The van der Waals surface area contributed by atoms with Crippen molar-refractivity contribution in [3.63, 3.8) is 0 Å². The van der Waals surface area contributed by atoms with Crippen LogP contribution in [0.5, 0.6) is 5.75 Å². The van der Waals surface area contributed by atoms with Gasteiger partial charge >= 0.3 is 0 Å². The number of hydrogen-bond donors (Lipinski definition) is 0. The third-order valence-electron chi connectivity index (χ3n) is 5.69. The van der Waals surface area contributed by atoms with Gasteiger partial charge in [-0.1, -0.05) is 47.0 Å². The topological polar surface area (TPSA) is 25.6 Å². The molecule has 1 aromatic heterocycles. The quantitative estimate of drug-likeness (QED) is 0.344. The lowest BCUT2D eigenvalue weighted by Crippen LogP contribution is -2.13. The molecule has 29 heavy (non-hydrogen) atoms. The molecule has 4 aromatic rings. The maximum absolute atomic E-state index is 6.42. The number of nitrogens with zero attached hydrogens (tertiary/aromatic N) is 1. The van der Waals surface area contributed by atoms with E-state index in [-0.39, 0.29) is 0 Å². The van der Waals surface area contributed by atoms with Gasteiger partial charge in [-0.05, 0) is 63.9 Å². The fourth-order valence-corrected chi connectivity index (χ4v) is 4.52. The molecule has 0 aliphatic carbocycles. The zero-order valence-electron chi connectivity index (χ0n) is 17.6. The lowest BCUT2D eigenvalue weighted by atomic mass is 10.0. The van der Waals surface area contributed by atoms with E-state index < -0.39 is 0 Å². The molecular weight excluding hydrogens is 358 g/mol. The number of fused-ring (bicyclic) bond motifs is 4. The highest BCUT2D eigenvalue weighted by atomic mass is 16.5. The number of benzene rings is 3. The Morgan fingerprint density at radius 2 is 1.45 bits per heavy atom. The molecule has 1 aliphatic heterocycles. The zero-order valence-corrected chi connectivity index (χ0v) is 17.6. The third-order valence-corrected chi connectivity index (χ3v) is 5.69. The van der Waals surface area contributed by atoms with Crippen molar-refractivity contribution in [2.45, 2.75) is 41.2 Å². The highest BCUT2D eigenvalue weighted by Gasteiger charge is 2.30. The Morgan fingerprint density at radius 3 is 2.21 bits per heavy atom. The van der Waals surface area contributed by atoms with Gasteiger partial charge in [0.2, 0.25) is 5.88 Å². The Hall–Kier alpha value is -3.20. The molecule has 3 aromatic carbocycles. The minimum Gasteiger partial charge on any atom is -0.483 e. The molecule has 0 fully saturated rings. The number of furan rings is 1. The summed E-state index contributed by atoms with van der Waals surface area (Å²) in [5, 5.41) is 1.02. The van der Waals surface area contributed by atoms with Crippen molar-refractivity contribution in [2.24, 2.45) is 0 Å². The molecule has 0 saturated carbocycles. The molecule has 0 bridgehead atoms. The van der Waals surface area contributed by atoms with Crippen molar-refractivity contribution in [2.75, 3.05) is 4.90 Å². The van der Waals surface area contributed by atoms with Gasteiger partial charge in [0.15, 0.2) is 5.75 Å². The Kier molecular flexibility index (Phi) is 3.95. The van der Waals surface area contributed by atoms with E-state index in [9.17, 15) is 0 Å². The summed E-state index contributed by atoms with van der Waals surface area (Å²) in [6.45, 7) is 11.2. The molecular formula is C26H25NO2. The molecule has 0 saturated heterocycles. The van der Waals surface area contributed by atoms with Crippen molar-refractivity contribution >= 4 is 28.2 Å². The summed E-state index contributed by atoms with van der Waals surface area (Å²) in [5.74, 6) is 1.57. The summed E-state index contributed by atoms with van der Waals surface area (Å²) in [7, 11) is 0. The highest BCUT2D eigenvalue weighted by Crippen LogP contribution is 2.51. The molecule has 3 heteroatoms. The normalized spacial score (nSPS) is 13.1. The van der Waals surface area contributed by atoms with Gasteiger partial charge in [-0.2, -0.15) is 0 Å². The Labute approximate surface area is 171 Å². The molecule has 0 spiro atoms. The molecule has 0 N–H and O–H groups in total. The van der Waals surface area contributed by atoms with Crippen LogP contribution in [0.25, 0.3) is 11.0 Å². The van der Waals surface area contributed by atoms with Gasteiger partial charge in [-0.3, -0.25) is 4.90 Å². The van der Waals surface area contributed by atoms with Crippen LogP contribution in [0.15, 0.2) is 52.9 Å². The monoisotopic (exact) mass is 383 g/mol. The number of rotatable bonds is 1. The molecule has 5 rings (SSSR count). The van der Waals surface area contributed by atoms with Crippen molar-refractivity contribution in [1.82, 2.24) is 0 Å². The van der Waals surface area contributed by atoms with Gasteiger partial charge in [0.05, 0.1) is 16.8 Å². The Balaban J connectivity index is 1.86. The summed E-state index contributed by atoms with van der Waals surface area (Å²) in [4.78, 5) is 2.25. The summed E-state index contributed by atoms with van der Waals surface area (Å²) in [6.07, 6.45) is 0. The largest absolute Gasteiger partial charge is 0.483 e. The van der Waals surface area contributed by atoms with Gasteiger partial charge in [0.1, 0.15) is 12.2 Å². The number of ether oxygens (including phenoxy) is 1. The molecule has 146 valence electrons. The van der Waals surface area contributed by atoms with Crippen LogP contribution in [0.2, 0.25) is 0 Å². The molecule has 0 atom stereocenters. The lowest BCUT2D eigenvalue weighted by molar-refractivity contribution is 0.311. The first-order valence-electron chi connectivity index (χ1n) is 10.1. The van der Waals surface area contributed by atoms with E-state index >= 15 is 0 Å². The van der Waals surface area contributed by atoms with Crippen LogP contribution >= 0.6 is 0 Å². The van der Waals surface area contributed by atoms with E-state index in [1.54, 1.807) is 0 Å². The minimum absolute atomic E-state index is 0.521. The summed E-state index contributed by atoms with van der Waals surface area (Å²) >= 11 is 0. The minimum atomic E-state index is 0.521. The Morgan fingerprint density at radius 1 is 0.759 bits per heavy atom. The summed E-state index contributed by atoms with van der Waals surface area (Å²) in [6, 6.07) is 17.3. The van der Waals surface area contributed by atoms with Gasteiger partial charge in [-0.25, -0.2) is 0 Å². The highest BCUT2D eigenvalue weighted by molar-refractivity contribution is 5.95. The second-order valence-corrected chi connectivity index (χ2v) is 8.24. The predicted octanol–water partition coefficient (Wildman–Crippen LogP) is 7.34. The van der Waals surface area contributed by atoms with Crippen molar-refractivity contribution in [1.29, 1.82) is 0 Å². The second-order valence-electron chi connectivity index (χ2n) is 8.24. The number of anilines is 3. The molecule has 3 nitrogen and oxygen atoms in total. The third kappa shape index (κ3) is 2.80. The van der Waals surface area contributed by atoms with Gasteiger partial charge in [0.25, 0.3) is 0 Å². The Bertz CT molecular complexity index is 1240. The lowest BCUT2D eigenvalue weighted by Gasteiger charge is -2.27. The van der Waals surface area contributed by atoms with Gasteiger partial charge in [0, 0.05) is 5.56 Å². The average molecular weight is 383 g/mol. The van der Waals surface area contributed by atoms with Crippen molar-refractivity contribution in [3.8, 4) is 5.75 Å². The predicted molar refractivity (Wildman–Crippen MR) is 119 cm³/mol. The second kappa shape index (κ2) is 6.41. The van der Waals surface area contributed by atoms with Crippen LogP contribution in [0.1, 0.15) is 33.4 Å². The molecule has 1 aliphatic rings. The van der Waals surface area contributed by atoms with E-state index in [4.69, 9.17) is 9.15 Å². The smallest absolute Gasteiger partial charge is 0.248 e. The van der Waals surface area contributed by atoms with Crippen molar-refractivity contribution in [3.05, 3.63) is 81.9 Å². The van der Waals surface area contributed by atoms with Crippen LogP contribution in [0, 0.1) is 34.6 Å². The van der Waals surface area contributed by atoms with E-state index in [0.29, 0.717) is 6.61 Å². The maximum atomic E-state index is 6.42. The van der Waals surface area contributed by atoms with Crippen LogP contribution in [-0.4, -0.2) is 0 Å². The standard InChI is InChI=1S/C26H25NO2/c1-15-6-8-22-20(12-15)14-28-25-21-13-16(2)7-9-23(21)29-26(25)27(22)24-18(4)10-17(3)11-19(24)5/h6-13H,14H2,1-5H3. The fraction of sp³-hybridized carbons (Fsp3) is 0.231. The first-order valence-corrected chi connectivity index (χ1v) is 10.1. The van der Waals surface area contributed by atoms with Gasteiger partial charge < -0.3 is 9.15 Å².